The van der Waals surface area contributed by atoms with E-state index < -0.39 is 0 Å². The number of rotatable bonds is 6. The molecule has 1 aliphatic carbocycles. The van der Waals surface area contributed by atoms with Crippen molar-refractivity contribution in [3.8, 4) is 0 Å². The van der Waals surface area contributed by atoms with Gasteiger partial charge in [-0.15, -0.1) is 24.0 Å². The SMILES string of the molecule is CCN=C(NC(C)Cc1c(C)nn(C)c1C)NC1CC1c1ccccc1F.I. The largest absolute Gasteiger partial charge is 0.354 e. The summed E-state index contributed by atoms with van der Waals surface area (Å²) in [5, 5.41) is 11.5. The van der Waals surface area contributed by atoms with Gasteiger partial charge in [0.25, 0.3) is 0 Å². The fourth-order valence-corrected chi connectivity index (χ4v) is 3.64. The number of benzene rings is 1. The molecule has 3 unspecified atom stereocenters. The summed E-state index contributed by atoms with van der Waals surface area (Å²) in [4.78, 5) is 4.57. The van der Waals surface area contributed by atoms with Crippen LogP contribution in [0.5, 0.6) is 0 Å². The lowest BCUT2D eigenvalue weighted by molar-refractivity contribution is 0.605. The minimum absolute atomic E-state index is 0. The molecule has 7 heteroatoms. The number of hydrogen-bond donors (Lipinski definition) is 2. The zero-order valence-corrected chi connectivity index (χ0v) is 19.6. The second-order valence-corrected chi connectivity index (χ2v) is 7.46. The fraction of sp³-hybridized carbons (Fsp3) is 0.524. The molecule has 1 aliphatic rings. The molecule has 2 N–H and O–H groups in total. The molecule has 0 radical (unpaired) electrons. The summed E-state index contributed by atoms with van der Waals surface area (Å²) < 4.78 is 15.9. The highest BCUT2D eigenvalue weighted by Gasteiger charge is 2.40. The molecule has 0 aliphatic heterocycles. The number of guanidine groups is 1. The van der Waals surface area contributed by atoms with Gasteiger partial charge in [0.05, 0.1) is 5.69 Å². The number of hydrogen-bond acceptors (Lipinski definition) is 2. The number of halogens is 2. The van der Waals surface area contributed by atoms with Crippen LogP contribution in [0.1, 0.15) is 48.7 Å². The molecule has 0 bridgehead atoms. The van der Waals surface area contributed by atoms with Gasteiger partial charge in [0.15, 0.2) is 5.96 Å². The molecule has 1 saturated carbocycles. The van der Waals surface area contributed by atoms with Crippen molar-refractivity contribution >= 4 is 29.9 Å². The molecule has 0 spiro atoms. The Hall–Kier alpha value is -1.64. The molecule has 1 aromatic carbocycles. The van der Waals surface area contributed by atoms with Crippen molar-refractivity contribution in [1.82, 2.24) is 20.4 Å². The summed E-state index contributed by atoms with van der Waals surface area (Å²) >= 11 is 0. The molecular weight excluding hydrogens is 468 g/mol. The molecule has 0 amide bonds. The Morgan fingerprint density at radius 3 is 2.68 bits per heavy atom. The van der Waals surface area contributed by atoms with E-state index in [1.807, 2.05) is 30.8 Å². The Bertz CT molecular complexity index is 832. The van der Waals surface area contributed by atoms with Gasteiger partial charge in [-0.25, -0.2) is 4.39 Å². The van der Waals surface area contributed by atoms with Crippen LogP contribution >= 0.6 is 24.0 Å². The van der Waals surface area contributed by atoms with E-state index in [1.165, 1.54) is 17.3 Å². The van der Waals surface area contributed by atoms with E-state index in [1.54, 1.807) is 6.07 Å². The molecule has 0 saturated heterocycles. The molecular formula is C21H31FIN5. The zero-order chi connectivity index (χ0) is 19.6. The maximum atomic E-state index is 14.0. The Balaban J connectivity index is 0.00000280. The molecule has 28 heavy (non-hydrogen) atoms. The van der Waals surface area contributed by atoms with Crippen LogP contribution < -0.4 is 10.6 Å². The van der Waals surface area contributed by atoms with E-state index in [9.17, 15) is 4.39 Å². The summed E-state index contributed by atoms with van der Waals surface area (Å²) in [6, 6.07) is 7.49. The number of aryl methyl sites for hydroxylation is 2. The van der Waals surface area contributed by atoms with Gasteiger partial charge >= 0.3 is 0 Å². The first-order valence-electron chi connectivity index (χ1n) is 9.71. The normalized spacial score (nSPS) is 19.7. The van der Waals surface area contributed by atoms with Crippen molar-refractivity contribution in [3.05, 3.63) is 52.6 Å². The highest BCUT2D eigenvalue weighted by Crippen LogP contribution is 2.41. The summed E-state index contributed by atoms with van der Waals surface area (Å²) in [5.41, 5.74) is 4.35. The van der Waals surface area contributed by atoms with Gasteiger partial charge in [0.1, 0.15) is 5.82 Å². The standard InChI is InChI=1S/C21H30FN5.HI/c1-6-23-21(24-13(2)11-17-14(3)26-27(5)15(17)4)25-20-12-18(20)16-9-7-8-10-19(16)22;/h7-10,13,18,20H,6,11-12H2,1-5H3,(H2,23,24,25);1H. The first-order chi connectivity index (χ1) is 12.9. The van der Waals surface area contributed by atoms with Gasteiger partial charge in [-0.05, 0) is 57.7 Å². The van der Waals surface area contributed by atoms with Crippen molar-refractivity contribution < 1.29 is 4.39 Å². The van der Waals surface area contributed by atoms with Crippen LogP contribution in [0.3, 0.4) is 0 Å². The average Bonchev–Trinajstić information content (AvgIpc) is 3.33. The van der Waals surface area contributed by atoms with Gasteiger partial charge in [-0.1, -0.05) is 18.2 Å². The lowest BCUT2D eigenvalue weighted by Crippen LogP contribution is -2.44. The predicted molar refractivity (Wildman–Crippen MR) is 123 cm³/mol. The monoisotopic (exact) mass is 499 g/mol. The van der Waals surface area contributed by atoms with E-state index in [0.29, 0.717) is 6.54 Å². The van der Waals surface area contributed by atoms with Crippen molar-refractivity contribution in [2.24, 2.45) is 12.0 Å². The Morgan fingerprint density at radius 1 is 1.36 bits per heavy atom. The maximum absolute atomic E-state index is 14.0. The van der Waals surface area contributed by atoms with Crippen molar-refractivity contribution in [1.29, 1.82) is 0 Å². The summed E-state index contributed by atoms with van der Waals surface area (Å²) in [7, 11) is 1.98. The zero-order valence-electron chi connectivity index (χ0n) is 17.3. The van der Waals surface area contributed by atoms with Crippen molar-refractivity contribution in [3.63, 3.8) is 0 Å². The molecule has 1 aromatic heterocycles. The van der Waals surface area contributed by atoms with E-state index in [0.717, 1.165) is 30.1 Å². The molecule has 3 rings (SSSR count). The van der Waals surface area contributed by atoms with E-state index in [-0.39, 0.29) is 47.8 Å². The Morgan fingerprint density at radius 2 is 2.07 bits per heavy atom. The number of aromatic nitrogens is 2. The van der Waals surface area contributed by atoms with Crippen molar-refractivity contribution in [2.45, 2.75) is 58.5 Å². The molecule has 3 atom stereocenters. The summed E-state index contributed by atoms with van der Waals surface area (Å²) in [5.74, 6) is 0.894. The van der Waals surface area contributed by atoms with Crippen LogP contribution in [0.15, 0.2) is 29.3 Å². The van der Waals surface area contributed by atoms with Crippen LogP contribution in [-0.4, -0.2) is 34.4 Å². The first kappa shape index (κ1) is 22.6. The van der Waals surface area contributed by atoms with E-state index >= 15 is 0 Å². The van der Waals surface area contributed by atoms with Crippen LogP contribution in [0.4, 0.5) is 4.39 Å². The second-order valence-electron chi connectivity index (χ2n) is 7.46. The third-order valence-corrected chi connectivity index (χ3v) is 5.29. The van der Waals surface area contributed by atoms with Crippen LogP contribution in [0.25, 0.3) is 0 Å². The van der Waals surface area contributed by atoms with Crippen LogP contribution in [-0.2, 0) is 13.5 Å². The molecule has 1 heterocycles. The minimum Gasteiger partial charge on any atom is -0.354 e. The van der Waals surface area contributed by atoms with Gasteiger partial charge in [0.2, 0.25) is 0 Å². The van der Waals surface area contributed by atoms with Gasteiger partial charge < -0.3 is 10.6 Å². The Kier molecular flexibility index (Phi) is 7.86. The second kappa shape index (κ2) is 9.71. The smallest absolute Gasteiger partial charge is 0.191 e. The average molecular weight is 499 g/mol. The van der Waals surface area contributed by atoms with Gasteiger partial charge in [-0.2, -0.15) is 5.10 Å². The minimum atomic E-state index is -0.121. The lowest BCUT2D eigenvalue weighted by Gasteiger charge is -2.19. The maximum Gasteiger partial charge on any atom is 0.191 e. The molecule has 2 aromatic rings. The molecule has 154 valence electrons. The molecule has 5 nitrogen and oxygen atoms in total. The number of nitrogens with one attached hydrogen (secondary N) is 2. The third-order valence-electron chi connectivity index (χ3n) is 5.29. The first-order valence-corrected chi connectivity index (χ1v) is 9.71. The quantitative estimate of drug-likeness (QED) is 0.361. The Labute approximate surface area is 184 Å². The predicted octanol–water partition coefficient (Wildman–Crippen LogP) is 3.84. The van der Waals surface area contributed by atoms with Crippen LogP contribution in [0, 0.1) is 19.7 Å². The summed E-state index contributed by atoms with van der Waals surface area (Å²) in [6.07, 6.45) is 1.82. The van der Waals surface area contributed by atoms with E-state index in [4.69, 9.17) is 0 Å². The lowest BCUT2D eigenvalue weighted by atomic mass is 10.1. The van der Waals surface area contributed by atoms with Gasteiger partial charge in [0, 0.05) is 37.3 Å². The number of aliphatic imine (C=N–C) groups is 1. The third kappa shape index (κ3) is 5.24. The van der Waals surface area contributed by atoms with Gasteiger partial charge in [-0.3, -0.25) is 9.67 Å². The fourth-order valence-electron chi connectivity index (χ4n) is 3.64. The number of nitrogens with zero attached hydrogens (tertiary/aromatic N) is 3. The molecule has 1 fully saturated rings. The van der Waals surface area contributed by atoms with E-state index in [2.05, 4.69) is 41.5 Å². The highest BCUT2D eigenvalue weighted by molar-refractivity contribution is 14.0. The summed E-state index contributed by atoms with van der Waals surface area (Å²) in [6.45, 7) is 9.02. The topological polar surface area (TPSA) is 54.2 Å². The highest BCUT2D eigenvalue weighted by atomic mass is 127. The van der Waals surface area contributed by atoms with Crippen LogP contribution in [0.2, 0.25) is 0 Å². The van der Waals surface area contributed by atoms with Crippen molar-refractivity contribution in [2.75, 3.05) is 6.54 Å².